The minimum Gasteiger partial charge on any atom is -0.462 e. The number of aryl methyl sites for hydroxylation is 1. The number of nitrogens with one attached hydrogen (secondary N) is 2. The van der Waals surface area contributed by atoms with Gasteiger partial charge in [0.25, 0.3) is 10.8 Å². The second-order valence-electron chi connectivity index (χ2n) is 6.08. The molecule has 0 saturated heterocycles. The second-order valence-corrected chi connectivity index (χ2v) is 7.97. The van der Waals surface area contributed by atoms with Crippen LogP contribution in [0.4, 0.5) is 5.69 Å². The van der Waals surface area contributed by atoms with Gasteiger partial charge in [-0.25, -0.2) is 9.78 Å². The number of aromatic amines is 1. The first-order chi connectivity index (χ1) is 14.9. The molecule has 10 nitrogen and oxygen atoms in total. The number of nitrogens with zero attached hydrogens (tertiary/aromatic N) is 3. The van der Waals surface area contributed by atoms with Crippen LogP contribution in [-0.4, -0.2) is 44.4 Å². The van der Waals surface area contributed by atoms with Crippen LogP contribution in [0.15, 0.2) is 49.9 Å². The molecule has 2 heterocycles. The van der Waals surface area contributed by atoms with Gasteiger partial charge in [-0.05, 0) is 38.1 Å². The van der Waals surface area contributed by atoms with Crippen molar-refractivity contribution in [2.24, 2.45) is 0 Å². The van der Waals surface area contributed by atoms with E-state index in [-0.39, 0.29) is 22.4 Å². The number of anilines is 1. The van der Waals surface area contributed by atoms with E-state index in [1.165, 1.54) is 17.8 Å². The fourth-order valence-electron chi connectivity index (χ4n) is 2.33. The number of rotatable bonds is 9. The zero-order valence-corrected chi connectivity index (χ0v) is 18.3. The quantitative estimate of drug-likeness (QED) is 0.277. The number of carbonyl (C=O) groups is 2. The third kappa shape index (κ3) is 6.96. The average molecular weight is 462 g/mol. The van der Waals surface area contributed by atoms with Crippen LogP contribution in [0.2, 0.25) is 0 Å². The largest absolute Gasteiger partial charge is 0.462 e. The standard InChI is InChI=1S/C19H19N5O5S2/c1-3-28-17(27)12-4-6-13(7-5-12)21-15(26)9-31-19-24-23-16(29-19)10-30-18-20-11(2)8-14(25)22-18/h4-8H,3,9-10H2,1-2H3,(H,21,26)(H,20,22,25). The number of amides is 1. The molecule has 0 radical (unpaired) electrons. The summed E-state index contributed by atoms with van der Waals surface area (Å²) in [4.78, 5) is 42.1. The summed E-state index contributed by atoms with van der Waals surface area (Å²) < 4.78 is 10.4. The summed E-state index contributed by atoms with van der Waals surface area (Å²) in [6.07, 6.45) is 0. The van der Waals surface area contributed by atoms with E-state index < -0.39 is 5.97 Å². The highest BCUT2D eigenvalue weighted by atomic mass is 32.2. The van der Waals surface area contributed by atoms with Crippen LogP contribution in [0.3, 0.4) is 0 Å². The summed E-state index contributed by atoms with van der Waals surface area (Å²) in [5, 5.41) is 11.3. The first-order valence-electron chi connectivity index (χ1n) is 9.16. The summed E-state index contributed by atoms with van der Waals surface area (Å²) in [7, 11) is 0. The van der Waals surface area contributed by atoms with Gasteiger partial charge in [-0.1, -0.05) is 23.5 Å². The van der Waals surface area contributed by atoms with Gasteiger partial charge < -0.3 is 19.5 Å². The Hall–Kier alpha value is -3.12. The van der Waals surface area contributed by atoms with Gasteiger partial charge in [0, 0.05) is 17.4 Å². The highest BCUT2D eigenvalue weighted by Gasteiger charge is 2.12. The van der Waals surface area contributed by atoms with Crippen molar-refractivity contribution in [3.8, 4) is 0 Å². The molecule has 1 aromatic carbocycles. The molecule has 2 aromatic heterocycles. The number of hydrogen-bond acceptors (Lipinski definition) is 10. The maximum Gasteiger partial charge on any atom is 0.338 e. The van der Waals surface area contributed by atoms with E-state index in [0.717, 1.165) is 11.8 Å². The topological polar surface area (TPSA) is 140 Å². The number of H-pyrrole nitrogens is 1. The molecule has 0 unspecified atom stereocenters. The summed E-state index contributed by atoms with van der Waals surface area (Å²) in [5.41, 5.74) is 1.37. The van der Waals surface area contributed by atoms with Crippen molar-refractivity contribution in [1.82, 2.24) is 20.2 Å². The molecule has 0 aliphatic carbocycles. The molecule has 0 aliphatic heterocycles. The predicted octanol–water partition coefficient (Wildman–Crippen LogP) is 2.66. The lowest BCUT2D eigenvalue weighted by molar-refractivity contribution is -0.113. The maximum atomic E-state index is 12.1. The van der Waals surface area contributed by atoms with Crippen molar-refractivity contribution in [2.75, 3.05) is 17.7 Å². The van der Waals surface area contributed by atoms with Gasteiger partial charge in [0.05, 0.1) is 23.7 Å². The minimum absolute atomic E-state index is 0.0706. The molecule has 2 N–H and O–H groups in total. The Labute approximate surface area is 185 Å². The van der Waals surface area contributed by atoms with E-state index in [1.54, 1.807) is 38.1 Å². The number of ether oxygens (including phenoxy) is 1. The Morgan fingerprint density at radius 3 is 2.68 bits per heavy atom. The van der Waals surface area contributed by atoms with Gasteiger partial charge >= 0.3 is 5.97 Å². The first-order valence-corrected chi connectivity index (χ1v) is 11.1. The maximum absolute atomic E-state index is 12.1. The van der Waals surface area contributed by atoms with Crippen LogP contribution in [-0.2, 0) is 15.3 Å². The van der Waals surface area contributed by atoms with E-state index in [1.807, 2.05) is 0 Å². The summed E-state index contributed by atoms with van der Waals surface area (Å²) >= 11 is 2.36. The average Bonchev–Trinajstić information content (AvgIpc) is 3.19. The predicted molar refractivity (Wildman–Crippen MR) is 115 cm³/mol. The van der Waals surface area contributed by atoms with Crippen LogP contribution in [0, 0.1) is 6.92 Å². The lowest BCUT2D eigenvalue weighted by Gasteiger charge is -2.05. The summed E-state index contributed by atoms with van der Waals surface area (Å²) in [5.74, 6) is 0.0853. The number of esters is 1. The molecule has 162 valence electrons. The van der Waals surface area contributed by atoms with Crippen molar-refractivity contribution >= 4 is 41.1 Å². The molecule has 3 aromatic rings. The van der Waals surface area contributed by atoms with Crippen molar-refractivity contribution in [3.63, 3.8) is 0 Å². The van der Waals surface area contributed by atoms with E-state index in [9.17, 15) is 14.4 Å². The molecule has 0 fully saturated rings. The van der Waals surface area contributed by atoms with Crippen LogP contribution in [0.1, 0.15) is 28.9 Å². The number of aromatic nitrogens is 4. The molecule has 0 bridgehead atoms. The van der Waals surface area contributed by atoms with E-state index in [0.29, 0.717) is 40.4 Å². The van der Waals surface area contributed by atoms with Crippen molar-refractivity contribution in [1.29, 1.82) is 0 Å². The second kappa shape index (κ2) is 10.8. The van der Waals surface area contributed by atoms with Crippen LogP contribution >= 0.6 is 23.5 Å². The van der Waals surface area contributed by atoms with Crippen molar-refractivity contribution in [3.05, 3.63) is 57.8 Å². The third-order valence-corrected chi connectivity index (χ3v) is 5.31. The smallest absolute Gasteiger partial charge is 0.338 e. The third-order valence-electron chi connectivity index (χ3n) is 3.64. The van der Waals surface area contributed by atoms with Crippen molar-refractivity contribution < 1.29 is 18.7 Å². The number of thioether (sulfide) groups is 2. The molecular weight excluding hydrogens is 442 g/mol. The Balaban J connectivity index is 1.46. The van der Waals surface area contributed by atoms with E-state index >= 15 is 0 Å². The molecule has 0 spiro atoms. The number of carbonyl (C=O) groups excluding carboxylic acids is 2. The lowest BCUT2D eigenvalue weighted by atomic mass is 10.2. The van der Waals surface area contributed by atoms with E-state index in [2.05, 4.69) is 25.5 Å². The van der Waals surface area contributed by atoms with Crippen molar-refractivity contribution in [2.45, 2.75) is 30.0 Å². The Morgan fingerprint density at radius 1 is 1.19 bits per heavy atom. The molecule has 12 heteroatoms. The molecule has 1 amide bonds. The molecule has 3 rings (SSSR count). The van der Waals surface area contributed by atoms with Crippen LogP contribution in [0.25, 0.3) is 0 Å². The van der Waals surface area contributed by atoms with Gasteiger partial charge in [-0.2, -0.15) is 0 Å². The molecule has 0 atom stereocenters. The SMILES string of the molecule is CCOC(=O)c1ccc(NC(=O)CSc2nnc(CSc3nc(C)cc(=O)[nH]3)o2)cc1. The van der Waals surface area contributed by atoms with Gasteiger partial charge in [0.1, 0.15) is 0 Å². The monoisotopic (exact) mass is 461 g/mol. The Bertz CT molecular complexity index is 1110. The minimum atomic E-state index is -0.411. The van der Waals surface area contributed by atoms with E-state index in [4.69, 9.17) is 9.15 Å². The van der Waals surface area contributed by atoms with Gasteiger partial charge in [-0.3, -0.25) is 9.59 Å². The summed E-state index contributed by atoms with van der Waals surface area (Å²) in [6.45, 7) is 3.77. The van der Waals surface area contributed by atoms with Crippen LogP contribution in [0.5, 0.6) is 0 Å². The molecule has 31 heavy (non-hydrogen) atoms. The number of hydrogen-bond donors (Lipinski definition) is 2. The van der Waals surface area contributed by atoms with Gasteiger partial charge in [-0.15, -0.1) is 10.2 Å². The fourth-order valence-corrected chi connectivity index (χ4v) is 3.67. The normalized spacial score (nSPS) is 10.6. The van der Waals surface area contributed by atoms with Gasteiger partial charge in [0.2, 0.25) is 11.8 Å². The highest BCUT2D eigenvalue weighted by molar-refractivity contribution is 7.99. The lowest BCUT2D eigenvalue weighted by Crippen LogP contribution is -2.14. The zero-order valence-electron chi connectivity index (χ0n) is 16.7. The summed E-state index contributed by atoms with van der Waals surface area (Å²) in [6, 6.07) is 7.82. The Morgan fingerprint density at radius 2 is 1.97 bits per heavy atom. The molecular formula is C19H19N5O5S2. The zero-order chi connectivity index (χ0) is 22.2. The molecule has 0 saturated carbocycles. The van der Waals surface area contributed by atoms with Gasteiger partial charge in [0.15, 0.2) is 5.16 Å². The van der Waals surface area contributed by atoms with Crippen LogP contribution < -0.4 is 10.9 Å². The Kier molecular flexibility index (Phi) is 7.84. The first kappa shape index (κ1) is 22.6. The molecule has 0 aliphatic rings. The highest BCUT2D eigenvalue weighted by Crippen LogP contribution is 2.21. The fraction of sp³-hybridized carbons (Fsp3) is 0.263. The number of benzene rings is 1.